The van der Waals surface area contributed by atoms with Crippen LogP contribution >= 0.6 is 0 Å². The van der Waals surface area contributed by atoms with E-state index in [9.17, 15) is 14.0 Å². The molecular formula is C12H13FN2O3. The lowest BCUT2D eigenvalue weighted by molar-refractivity contribution is -0.126. The van der Waals surface area contributed by atoms with Crippen LogP contribution in [0.5, 0.6) is 0 Å². The summed E-state index contributed by atoms with van der Waals surface area (Å²) in [6.07, 6.45) is 1.16. The van der Waals surface area contributed by atoms with Gasteiger partial charge in [0.25, 0.3) is 0 Å². The lowest BCUT2D eigenvalue weighted by Crippen LogP contribution is -2.39. The molecule has 0 radical (unpaired) electrons. The first-order valence-corrected chi connectivity index (χ1v) is 5.18. The Morgan fingerprint density at radius 3 is 2.83 bits per heavy atom. The molecule has 0 heterocycles. The van der Waals surface area contributed by atoms with Crippen molar-refractivity contribution in [2.75, 3.05) is 6.54 Å². The Hall–Kier alpha value is -2.21. The summed E-state index contributed by atoms with van der Waals surface area (Å²) >= 11 is 0. The second-order valence-corrected chi connectivity index (χ2v) is 3.55. The zero-order chi connectivity index (χ0) is 13.5. The number of halogens is 1. The van der Waals surface area contributed by atoms with Crippen molar-refractivity contribution in [2.45, 2.75) is 6.10 Å². The highest BCUT2D eigenvalue weighted by molar-refractivity contribution is 5.92. The second kappa shape index (κ2) is 6.51. The van der Waals surface area contributed by atoms with E-state index in [1.165, 1.54) is 30.4 Å². The smallest absolute Gasteiger partial charge is 0.248 e. The molecule has 96 valence electrons. The predicted octanol–water partition coefficient (Wildman–Crippen LogP) is -0.199. The summed E-state index contributed by atoms with van der Waals surface area (Å²) < 4.78 is 12.8. The van der Waals surface area contributed by atoms with Crippen LogP contribution in [-0.4, -0.2) is 29.6 Å². The maximum atomic E-state index is 12.8. The van der Waals surface area contributed by atoms with Gasteiger partial charge in [-0.05, 0) is 23.8 Å². The minimum Gasteiger partial charge on any atom is -0.381 e. The molecular weight excluding hydrogens is 239 g/mol. The number of rotatable bonds is 5. The summed E-state index contributed by atoms with van der Waals surface area (Å²) in [4.78, 5) is 21.8. The molecule has 0 saturated heterocycles. The van der Waals surface area contributed by atoms with E-state index in [1.807, 2.05) is 0 Å². The van der Waals surface area contributed by atoms with E-state index in [4.69, 9.17) is 10.8 Å². The highest BCUT2D eigenvalue weighted by Gasteiger charge is 2.10. The lowest BCUT2D eigenvalue weighted by Gasteiger charge is -2.05. The first kappa shape index (κ1) is 13.9. The Labute approximate surface area is 103 Å². The number of aliphatic hydroxyl groups excluding tert-OH is 1. The highest BCUT2D eigenvalue weighted by Crippen LogP contribution is 2.04. The Morgan fingerprint density at radius 1 is 1.50 bits per heavy atom. The zero-order valence-electron chi connectivity index (χ0n) is 9.47. The van der Waals surface area contributed by atoms with Crippen molar-refractivity contribution in [3.8, 4) is 0 Å². The number of nitrogens with one attached hydrogen (secondary N) is 1. The van der Waals surface area contributed by atoms with E-state index in [2.05, 4.69) is 5.32 Å². The molecule has 18 heavy (non-hydrogen) atoms. The average Bonchev–Trinajstić information content (AvgIpc) is 2.33. The zero-order valence-corrected chi connectivity index (χ0v) is 9.47. The van der Waals surface area contributed by atoms with Crippen LogP contribution in [0, 0.1) is 5.82 Å². The molecule has 1 rings (SSSR count). The number of benzene rings is 1. The van der Waals surface area contributed by atoms with E-state index in [1.54, 1.807) is 6.07 Å². The third kappa shape index (κ3) is 4.75. The Balaban J connectivity index is 2.47. The van der Waals surface area contributed by atoms with E-state index in [0.717, 1.165) is 0 Å². The number of carbonyl (C=O) groups excluding carboxylic acids is 2. The van der Waals surface area contributed by atoms with Gasteiger partial charge in [-0.3, -0.25) is 9.59 Å². The van der Waals surface area contributed by atoms with Gasteiger partial charge in [0.15, 0.2) is 0 Å². The van der Waals surface area contributed by atoms with Crippen LogP contribution < -0.4 is 11.1 Å². The quantitative estimate of drug-likeness (QED) is 0.634. The van der Waals surface area contributed by atoms with Crippen LogP contribution in [0.2, 0.25) is 0 Å². The third-order valence-corrected chi connectivity index (χ3v) is 2.07. The van der Waals surface area contributed by atoms with Crippen molar-refractivity contribution in [3.05, 3.63) is 41.7 Å². The largest absolute Gasteiger partial charge is 0.381 e. The van der Waals surface area contributed by atoms with E-state index in [-0.39, 0.29) is 6.54 Å². The molecule has 4 N–H and O–H groups in total. The Kier molecular flexibility index (Phi) is 5.01. The van der Waals surface area contributed by atoms with Crippen LogP contribution in [0.4, 0.5) is 4.39 Å². The number of hydrogen-bond donors (Lipinski definition) is 3. The van der Waals surface area contributed by atoms with Gasteiger partial charge in [0.1, 0.15) is 11.9 Å². The number of aliphatic hydroxyl groups is 1. The number of carbonyl (C=O) groups is 2. The molecule has 0 fully saturated rings. The number of amides is 2. The first-order chi connectivity index (χ1) is 8.49. The Morgan fingerprint density at radius 2 is 2.22 bits per heavy atom. The summed E-state index contributed by atoms with van der Waals surface area (Å²) in [6, 6.07) is 5.71. The number of hydrogen-bond acceptors (Lipinski definition) is 3. The monoisotopic (exact) mass is 252 g/mol. The molecule has 0 spiro atoms. The minimum absolute atomic E-state index is 0.262. The van der Waals surface area contributed by atoms with Crippen LogP contribution in [0.15, 0.2) is 30.3 Å². The molecule has 1 aromatic carbocycles. The topological polar surface area (TPSA) is 92.4 Å². The van der Waals surface area contributed by atoms with Gasteiger partial charge in [-0.15, -0.1) is 0 Å². The van der Waals surface area contributed by atoms with Gasteiger partial charge in [0, 0.05) is 6.08 Å². The fourth-order valence-corrected chi connectivity index (χ4v) is 1.14. The molecule has 1 atom stereocenters. The third-order valence-electron chi connectivity index (χ3n) is 2.07. The van der Waals surface area contributed by atoms with Crippen molar-refractivity contribution >= 4 is 17.9 Å². The SMILES string of the molecule is NC(=O)C(O)CNC(=O)/C=C/c1cccc(F)c1. The summed E-state index contributed by atoms with van der Waals surface area (Å²) in [5, 5.41) is 11.3. The fourth-order valence-electron chi connectivity index (χ4n) is 1.14. The van der Waals surface area contributed by atoms with Gasteiger partial charge in [-0.1, -0.05) is 12.1 Å². The fraction of sp³-hybridized carbons (Fsp3) is 0.167. The molecule has 2 amide bonds. The van der Waals surface area contributed by atoms with Gasteiger partial charge in [-0.25, -0.2) is 4.39 Å². The predicted molar refractivity (Wildman–Crippen MR) is 63.6 cm³/mol. The van der Waals surface area contributed by atoms with Crippen molar-refractivity contribution in [1.29, 1.82) is 0 Å². The van der Waals surface area contributed by atoms with Gasteiger partial charge >= 0.3 is 0 Å². The van der Waals surface area contributed by atoms with E-state index in [0.29, 0.717) is 5.56 Å². The maximum absolute atomic E-state index is 12.8. The van der Waals surface area contributed by atoms with Gasteiger partial charge < -0.3 is 16.2 Å². The molecule has 0 aromatic heterocycles. The van der Waals surface area contributed by atoms with Crippen LogP contribution in [0.1, 0.15) is 5.56 Å². The van der Waals surface area contributed by atoms with Gasteiger partial charge in [-0.2, -0.15) is 0 Å². The maximum Gasteiger partial charge on any atom is 0.248 e. The average molecular weight is 252 g/mol. The second-order valence-electron chi connectivity index (χ2n) is 3.55. The standard InChI is InChI=1S/C12H13FN2O3/c13-9-3-1-2-8(6-9)4-5-11(17)15-7-10(16)12(14)18/h1-6,10,16H,7H2,(H2,14,18)(H,15,17)/b5-4+. The molecule has 0 aliphatic carbocycles. The number of primary amides is 1. The molecule has 0 bridgehead atoms. The minimum atomic E-state index is -1.42. The van der Waals surface area contributed by atoms with Crippen LogP contribution in [0.25, 0.3) is 6.08 Å². The summed E-state index contributed by atoms with van der Waals surface area (Å²) in [6.45, 7) is -0.262. The van der Waals surface area contributed by atoms with Crippen molar-refractivity contribution in [1.82, 2.24) is 5.32 Å². The van der Waals surface area contributed by atoms with E-state index < -0.39 is 23.7 Å². The molecule has 1 unspecified atom stereocenters. The summed E-state index contributed by atoms with van der Waals surface area (Å²) in [5.41, 5.74) is 5.33. The molecule has 0 saturated carbocycles. The lowest BCUT2D eigenvalue weighted by atomic mass is 10.2. The molecule has 6 heteroatoms. The summed E-state index contributed by atoms with van der Waals surface area (Å²) in [5.74, 6) is -1.83. The molecule has 0 aliphatic rings. The normalized spacial score (nSPS) is 12.3. The first-order valence-electron chi connectivity index (χ1n) is 5.18. The van der Waals surface area contributed by atoms with Gasteiger partial charge in [0.05, 0.1) is 6.54 Å². The van der Waals surface area contributed by atoms with Crippen molar-refractivity contribution < 1.29 is 19.1 Å². The molecule has 5 nitrogen and oxygen atoms in total. The molecule has 1 aromatic rings. The number of nitrogens with two attached hydrogens (primary N) is 1. The van der Waals surface area contributed by atoms with Crippen molar-refractivity contribution in [2.24, 2.45) is 5.73 Å². The summed E-state index contributed by atoms with van der Waals surface area (Å²) in [7, 11) is 0. The van der Waals surface area contributed by atoms with Gasteiger partial charge in [0.2, 0.25) is 11.8 Å². The van der Waals surface area contributed by atoms with E-state index >= 15 is 0 Å². The molecule has 0 aliphatic heterocycles. The Bertz CT molecular complexity index is 474. The van der Waals surface area contributed by atoms with Crippen LogP contribution in [0.3, 0.4) is 0 Å². The highest BCUT2D eigenvalue weighted by atomic mass is 19.1. The van der Waals surface area contributed by atoms with Crippen molar-refractivity contribution in [3.63, 3.8) is 0 Å². The van der Waals surface area contributed by atoms with Crippen LogP contribution in [-0.2, 0) is 9.59 Å².